The number of nitrogens with zero attached hydrogens (tertiary/aromatic N) is 3. The fraction of sp³-hybridized carbons (Fsp3) is 0.400. The van der Waals surface area contributed by atoms with E-state index >= 15 is 0 Å². The predicted octanol–water partition coefficient (Wildman–Crippen LogP) is 4.91. The summed E-state index contributed by atoms with van der Waals surface area (Å²) in [5.41, 5.74) is 3.89. The Labute approximate surface area is 137 Å². The van der Waals surface area contributed by atoms with E-state index in [2.05, 4.69) is 40.6 Å². The SMILES string of the molecule is C1=CC(c2cncc(C3C=CCCC3)c2-n2cccn2)CCC1. The lowest BCUT2D eigenvalue weighted by Gasteiger charge is -2.25. The zero-order valence-corrected chi connectivity index (χ0v) is 13.4. The topological polar surface area (TPSA) is 30.7 Å². The van der Waals surface area contributed by atoms with Crippen LogP contribution in [0.25, 0.3) is 5.69 Å². The normalized spacial score (nSPS) is 24.0. The van der Waals surface area contributed by atoms with Crippen molar-refractivity contribution in [3.8, 4) is 5.69 Å². The Kier molecular flexibility index (Phi) is 4.10. The summed E-state index contributed by atoms with van der Waals surface area (Å²) in [5, 5.41) is 4.54. The Morgan fingerprint density at radius 1 is 0.913 bits per heavy atom. The maximum absolute atomic E-state index is 4.60. The van der Waals surface area contributed by atoms with Gasteiger partial charge in [0.1, 0.15) is 0 Å². The fourth-order valence-corrected chi connectivity index (χ4v) is 3.84. The maximum atomic E-state index is 4.60. The van der Waals surface area contributed by atoms with Gasteiger partial charge in [0.25, 0.3) is 0 Å². The molecule has 4 rings (SSSR count). The Bertz CT molecular complexity index is 670. The molecule has 2 unspecified atom stereocenters. The molecule has 0 radical (unpaired) electrons. The van der Waals surface area contributed by atoms with Crippen molar-refractivity contribution in [2.24, 2.45) is 0 Å². The molecule has 23 heavy (non-hydrogen) atoms. The van der Waals surface area contributed by atoms with Crippen LogP contribution >= 0.6 is 0 Å². The van der Waals surface area contributed by atoms with Gasteiger partial charge in [0.2, 0.25) is 0 Å². The van der Waals surface area contributed by atoms with Crippen LogP contribution in [0, 0.1) is 0 Å². The van der Waals surface area contributed by atoms with Crippen LogP contribution in [0.4, 0.5) is 0 Å². The Morgan fingerprint density at radius 2 is 1.57 bits per heavy atom. The molecule has 0 N–H and O–H groups in total. The smallest absolute Gasteiger partial charge is 0.0752 e. The average molecular weight is 305 g/mol. The van der Waals surface area contributed by atoms with Gasteiger partial charge < -0.3 is 0 Å². The number of allylic oxidation sites excluding steroid dienone is 4. The summed E-state index contributed by atoms with van der Waals surface area (Å²) in [7, 11) is 0. The highest BCUT2D eigenvalue weighted by Crippen LogP contribution is 2.37. The maximum Gasteiger partial charge on any atom is 0.0752 e. The van der Waals surface area contributed by atoms with Crippen LogP contribution in [0.5, 0.6) is 0 Å². The Balaban J connectivity index is 1.85. The van der Waals surface area contributed by atoms with Crippen LogP contribution in [0.2, 0.25) is 0 Å². The van der Waals surface area contributed by atoms with Gasteiger partial charge in [-0.2, -0.15) is 5.10 Å². The van der Waals surface area contributed by atoms with Gasteiger partial charge in [-0.25, -0.2) is 4.68 Å². The Morgan fingerprint density at radius 3 is 2.04 bits per heavy atom. The molecular weight excluding hydrogens is 282 g/mol. The molecule has 2 atom stereocenters. The molecule has 3 heteroatoms. The van der Waals surface area contributed by atoms with Gasteiger partial charge in [-0.3, -0.25) is 4.98 Å². The van der Waals surface area contributed by atoms with Crippen LogP contribution in [0.1, 0.15) is 61.5 Å². The second-order valence-corrected chi connectivity index (χ2v) is 6.55. The summed E-state index contributed by atoms with van der Waals surface area (Å²) in [4.78, 5) is 4.60. The average Bonchev–Trinajstić information content (AvgIpc) is 3.17. The van der Waals surface area contributed by atoms with Crippen molar-refractivity contribution in [2.75, 3.05) is 0 Å². The lowest BCUT2D eigenvalue weighted by molar-refractivity contribution is 0.628. The molecule has 0 bridgehead atoms. The largest absolute Gasteiger partial charge is 0.264 e. The second kappa shape index (κ2) is 6.53. The molecule has 2 aliphatic rings. The highest BCUT2D eigenvalue weighted by Gasteiger charge is 2.23. The molecule has 0 spiro atoms. The summed E-state index contributed by atoms with van der Waals surface area (Å²) in [6, 6.07) is 2.00. The van der Waals surface area contributed by atoms with Crippen LogP contribution in [0.15, 0.2) is 55.2 Å². The lowest BCUT2D eigenvalue weighted by Crippen LogP contribution is -2.13. The summed E-state index contributed by atoms with van der Waals surface area (Å²) in [5.74, 6) is 0.922. The molecule has 0 fully saturated rings. The van der Waals surface area contributed by atoms with Gasteiger partial charge in [0, 0.05) is 47.8 Å². The molecule has 0 aromatic carbocycles. The van der Waals surface area contributed by atoms with E-state index in [1.165, 1.54) is 55.3 Å². The molecule has 0 amide bonds. The van der Waals surface area contributed by atoms with Gasteiger partial charge in [-0.1, -0.05) is 24.3 Å². The minimum Gasteiger partial charge on any atom is -0.264 e. The van der Waals surface area contributed by atoms with Crippen molar-refractivity contribution in [1.29, 1.82) is 0 Å². The first-order valence-electron chi connectivity index (χ1n) is 8.74. The second-order valence-electron chi connectivity index (χ2n) is 6.55. The van der Waals surface area contributed by atoms with E-state index < -0.39 is 0 Å². The molecule has 3 nitrogen and oxygen atoms in total. The van der Waals surface area contributed by atoms with Crippen molar-refractivity contribution in [2.45, 2.75) is 50.4 Å². The molecule has 118 valence electrons. The van der Waals surface area contributed by atoms with E-state index in [9.17, 15) is 0 Å². The minimum absolute atomic E-state index is 0.461. The van der Waals surface area contributed by atoms with Gasteiger partial charge in [-0.15, -0.1) is 0 Å². The number of hydrogen-bond donors (Lipinski definition) is 0. The van der Waals surface area contributed by atoms with E-state index in [1.807, 2.05) is 29.3 Å². The fourth-order valence-electron chi connectivity index (χ4n) is 3.84. The number of hydrogen-bond acceptors (Lipinski definition) is 2. The summed E-state index contributed by atoms with van der Waals surface area (Å²) in [6.07, 6.45) is 24.7. The van der Waals surface area contributed by atoms with E-state index in [-0.39, 0.29) is 0 Å². The third-order valence-electron chi connectivity index (χ3n) is 5.02. The predicted molar refractivity (Wildman–Crippen MR) is 92.8 cm³/mol. The first-order valence-corrected chi connectivity index (χ1v) is 8.74. The van der Waals surface area contributed by atoms with Crippen LogP contribution in [0.3, 0.4) is 0 Å². The van der Waals surface area contributed by atoms with E-state index in [0.717, 1.165) is 0 Å². The minimum atomic E-state index is 0.461. The van der Waals surface area contributed by atoms with E-state index in [0.29, 0.717) is 11.8 Å². The standard InChI is InChI=1S/C20H23N3/c1-3-8-16(9-4-1)18-14-21-15-19(17-10-5-2-6-11-17)20(18)23-13-7-12-22-23/h3,5,7-8,10,12-17H,1-2,4,6,9,11H2. The van der Waals surface area contributed by atoms with Gasteiger partial charge in [0.05, 0.1) is 5.69 Å². The van der Waals surface area contributed by atoms with Crippen molar-refractivity contribution < 1.29 is 0 Å². The van der Waals surface area contributed by atoms with E-state index in [4.69, 9.17) is 0 Å². The monoisotopic (exact) mass is 305 g/mol. The summed E-state index contributed by atoms with van der Waals surface area (Å²) < 4.78 is 2.04. The lowest BCUT2D eigenvalue weighted by atomic mass is 9.84. The quantitative estimate of drug-likeness (QED) is 0.754. The molecule has 0 saturated carbocycles. The first-order chi connectivity index (χ1) is 11.4. The van der Waals surface area contributed by atoms with Gasteiger partial charge >= 0.3 is 0 Å². The zero-order valence-electron chi connectivity index (χ0n) is 13.4. The van der Waals surface area contributed by atoms with Crippen molar-refractivity contribution in [3.63, 3.8) is 0 Å². The van der Waals surface area contributed by atoms with Crippen LogP contribution in [-0.4, -0.2) is 14.8 Å². The molecule has 2 aliphatic carbocycles. The van der Waals surface area contributed by atoms with Crippen molar-refractivity contribution in [1.82, 2.24) is 14.8 Å². The molecule has 2 aromatic heterocycles. The van der Waals surface area contributed by atoms with Crippen molar-refractivity contribution >= 4 is 0 Å². The molecule has 0 saturated heterocycles. The summed E-state index contributed by atoms with van der Waals surface area (Å²) in [6.45, 7) is 0. The third kappa shape index (κ3) is 2.88. The highest BCUT2D eigenvalue weighted by atomic mass is 15.3. The molecular formula is C20H23N3. The summed E-state index contributed by atoms with van der Waals surface area (Å²) >= 11 is 0. The van der Waals surface area contributed by atoms with Crippen LogP contribution in [-0.2, 0) is 0 Å². The van der Waals surface area contributed by atoms with Gasteiger partial charge in [0.15, 0.2) is 0 Å². The number of rotatable bonds is 3. The molecule has 0 aliphatic heterocycles. The van der Waals surface area contributed by atoms with E-state index in [1.54, 1.807) is 0 Å². The first kappa shape index (κ1) is 14.4. The zero-order chi connectivity index (χ0) is 15.5. The van der Waals surface area contributed by atoms with Crippen LogP contribution < -0.4 is 0 Å². The molecule has 2 heterocycles. The third-order valence-corrected chi connectivity index (χ3v) is 5.02. The Hall–Kier alpha value is -2.16. The number of pyridine rings is 1. The number of aromatic nitrogens is 3. The van der Waals surface area contributed by atoms with Crippen molar-refractivity contribution in [3.05, 3.63) is 66.3 Å². The van der Waals surface area contributed by atoms with Gasteiger partial charge in [-0.05, 0) is 44.6 Å². The molecule has 2 aromatic rings. The highest BCUT2D eigenvalue weighted by molar-refractivity contribution is 5.51.